The molecule has 1 fully saturated rings. The minimum absolute atomic E-state index is 0.0128. The van der Waals surface area contributed by atoms with Crippen molar-refractivity contribution in [2.75, 3.05) is 6.61 Å². The van der Waals surface area contributed by atoms with E-state index in [9.17, 15) is 28.8 Å². The van der Waals surface area contributed by atoms with Gasteiger partial charge in [-0.25, -0.2) is 4.79 Å². The number of hydrogen-bond donors (Lipinski definition) is 0. The van der Waals surface area contributed by atoms with Crippen molar-refractivity contribution >= 4 is 40.8 Å². The van der Waals surface area contributed by atoms with E-state index < -0.39 is 78.5 Å². The van der Waals surface area contributed by atoms with Crippen LogP contribution in [0.5, 0.6) is 17.2 Å². The second-order valence-electron chi connectivity index (χ2n) is 10.5. The number of fused-ring (bicyclic) bond motifs is 1. The summed E-state index contributed by atoms with van der Waals surface area (Å²) in [7, 11) is 0. The largest absolute Gasteiger partial charge is 0.484 e. The Morgan fingerprint density at radius 3 is 2.04 bits per heavy atom. The predicted octanol–water partition coefficient (Wildman–Crippen LogP) is 3.15. The molecule has 0 radical (unpaired) electrons. The summed E-state index contributed by atoms with van der Waals surface area (Å²) in [6, 6.07) is 13.3. The van der Waals surface area contributed by atoms with Gasteiger partial charge in [-0.05, 0) is 17.7 Å². The molecule has 0 bridgehead atoms. The molecule has 2 aromatic carbocycles. The molecule has 5 atom stereocenters. The molecule has 0 spiro atoms. The van der Waals surface area contributed by atoms with Gasteiger partial charge < -0.3 is 42.3 Å². The van der Waals surface area contributed by atoms with Gasteiger partial charge in [0.05, 0.1) is 5.39 Å². The second-order valence-corrected chi connectivity index (χ2v) is 10.5. The van der Waals surface area contributed by atoms with E-state index in [0.29, 0.717) is 0 Å². The van der Waals surface area contributed by atoms with Gasteiger partial charge in [-0.1, -0.05) is 37.3 Å². The highest BCUT2D eigenvalue weighted by atomic mass is 16.7. The van der Waals surface area contributed by atoms with Crippen molar-refractivity contribution in [1.82, 2.24) is 0 Å². The van der Waals surface area contributed by atoms with E-state index in [1.165, 1.54) is 18.2 Å². The molecule has 15 heteroatoms. The molecule has 15 nitrogen and oxygen atoms in total. The molecule has 1 aliphatic heterocycles. The van der Waals surface area contributed by atoms with Crippen LogP contribution < -0.4 is 19.8 Å². The minimum atomic E-state index is -1.53. The number of carbonyl (C=O) groups excluding carboxylic acids is 5. The van der Waals surface area contributed by atoms with Gasteiger partial charge in [0.2, 0.25) is 12.4 Å². The topological polar surface area (TPSA) is 189 Å². The van der Waals surface area contributed by atoms with Gasteiger partial charge in [-0.2, -0.15) is 0 Å². The minimum Gasteiger partial charge on any atom is -0.484 e. The van der Waals surface area contributed by atoms with Crippen LogP contribution in [-0.4, -0.2) is 67.2 Å². The molecule has 0 amide bonds. The van der Waals surface area contributed by atoms with Crippen molar-refractivity contribution in [3.63, 3.8) is 0 Å². The first-order valence-electron chi connectivity index (χ1n) is 14.8. The van der Waals surface area contributed by atoms with Crippen LogP contribution >= 0.6 is 0 Å². The Balaban J connectivity index is 1.75. The van der Waals surface area contributed by atoms with E-state index in [0.717, 1.165) is 33.3 Å². The summed E-state index contributed by atoms with van der Waals surface area (Å²) in [4.78, 5) is 73.1. The molecule has 256 valence electrons. The molecule has 3 aromatic rings. The zero-order chi connectivity index (χ0) is 35.0. The maximum Gasteiger partial charge on any atom is 0.383 e. The Morgan fingerprint density at radius 2 is 1.42 bits per heavy atom. The van der Waals surface area contributed by atoms with Crippen molar-refractivity contribution in [1.29, 1.82) is 0 Å². The van der Waals surface area contributed by atoms with Gasteiger partial charge in [-0.15, -0.1) is 0 Å². The molecule has 1 saturated heterocycles. The van der Waals surface area contributed by atoms with Gasteiger partial charge in [-0.3, -0.25) is 24.0 Å². The Bertz CT molecular complexity index is 1710. The third-order valence-electron chi connectivity index (χ3n) is 6.72. The molecule has 0 unspecified atom stereocenters. The second kappa shape index (κ2) is 15.9. The Morgan fingerprint density at radius 1 is 0.771 bits per heavy atom. The molecule has 0 N–H and O–H groups in total. The summed E-state index contributed by atoms with van der Waals surface area (Å²) in [5.41, 5.74) is -0.269. The number of rotatable bonds is 12. The molecule has 48 heavy (non-hydrogen) atoms. The smallest absolute Gasteiger partial charge is 0.383 e. The summed E-state index contributed by atoms with van der Waals surface area (Å²) < 4.78 is 50.1. The fourth-order valence-electron chi connectivity index (χ4n) is 4.77. The van der Waals surface area contributed by atoms with Gasteiger partial charge >= 0.3 is 35.5 Å². The zero-order valence-corrected chi connectivity index (χ0v) is 26.8. The third-order valence-corrected chi connectivity index (χ3v) is 6.72. The van der Waals surface area contributed by atoms with Crippen LogP contribution in [0.15, 0.2) is 57.7 Å². The van der Waals surface area contributed by atoms with Gasteiger partial charge in [0.15, 0.2) is 18.0 Å². The highest BCUT2D eigenvalue weighted by Crippen LogP contribution is 2.37. The number of carbonyl (C=O) groups is 5. The van der Waals surface area contributed by atoms with Crippen LogP contribution in [0.4, 0.5) is 0 Å². The standard InChI is InChI=1S/C33H34O15/c1-6-26(38)48-30-27(41-15-21-10-8-7-9-11-21)23-13-12-22(14-24(23)46-32(30)39)45-33-31(44-20(5)37)29(43-19(4)36)28(42-18(3)35)25(47-33)16-40-17(2)34/h7-14,25,28-29,31,33H,6,15-16H2,1-5H3/t25-,28-,29+,31+,33+/m1/s1. The van der Waals surface area contributed by atoms with Crippen LogP contribution in [-0.2, 0) is 54.3 Å². The van der Waals surface area contributed by atoms with E-state index in [-0.39, 0.29) is 35.5 Å². The SMILES string of the molecule is CCC(=O)Oc1c(OCc2ccccc2)c2ccc(O[C@H]3O[C@H](COC(C)=O)[C@@H](OC(C)=O)[C@H](OC(C)=O)[C@@H]3OC(C)=O)cc2oc1=O. The van der Waals surface area contributed by atoms with E-state index in [2.05, 4.69) is 0 Å². The van der Waals surface area contributed by atoms with E-state index in [4.69, 9.17) is 42.3 Å². The Kier molecular flexibility index (Phi) is 11.7. The summed E-state index contributed by atoms with van der Waals surface area (Å²) >= 11 is 0. The van der Waals surface area contributed by atoms with E-state index >= 15 is 0 Å². The molecular formula is C33H34O15. The molecule has 1 aromatic heterocycles. The van der Waals surface area contributed by atoms with Crippen LogP contribution in [0, 0.1) is 0 Å². The Labute approximate surface area is 273 Å². The van der Waals surface area contributed by atoms with E-state index in [1.807, 2.05) is 30.3 Å². The normalized spacial score (nSPS) is 20.2. The number of esters is 5. The lowest BCUT2D eigenvalue weighted by Gasteiger charge is -2.43. The van der Waals surface area contributed by atoms with Gasteiger partial charge in [0.25, 0.3) is 5.75 Å². The molecule has 4 rings (SSSR count). The average Bonchev–Trinajstić information content (AvgIpc) is 3.02. The molecule has 1 aliphatic rings. The van der Waals surface area contributed by atoms with Crippen molar-refractivity contribution < 1.29 is 66.3 Å². The lowest BCUT2D eigenvalue weighted by Crippen LogP contribution is -2.63. The van der Waals surface area contributed by atoms with Crippen LogP contribution in [0.1, 0.15) is 46.6 Å². The van der Waals surface area contributed by atoms with Crippen LogP contribution in [0.25, 0.3) is 11.0 Å². The summed E-state index contributed by atoms with van der Waals surface area (Å²) in [5.74, 6) is -4.24. The van der Waals surface area contributed by atoms with Crippen molar-refractivity contribution in [3.8, 4) is 17.2 Å². The molecule has 0 saturated carbocycles. The first kappa shape index (κ1) is 35.4. The van der Waals surface area contributed by atoms with Crippen LogP contribution in [0.2, 0.25) is 0 Å². The lowest BCUT2D eigenvalue weighted by molar-refractivity contribution is -0.288. The summed E-state index contributed by atoms with van der Waals surface area (Å²) in [6.07, 6.45) is -7.12. The quantitative estimate of drug-likeness (QED) is 0.155. The summed E-state index contributed by atoms with van der Waals surface area (Å²) in [5, 5.41) is 0.248. The first-order chi connectivity index (χ1) is 22.9. The average molecular weight is 671 g/mol. The zero-order valence-electron chi connectivity index (χ0n) is 26.8. The van der Waals surface area contributed by atoms with Crippen molar-refractivity contribution in [2.24, 2.45) is 0 Å². The fourth-order valence-corrected chi connectivity index (χ4v) is 4.77. The van der Waals surface area contributed by atoms with Crippen molar-refractivity contribution in [3.05, 3.63) is 64.5 Å². The predicted molar refractivity (Wildman–Crippen MR) is 162 cm³/mol. The monoisotopic (exact) mass is 670 g/mol. The van der Waals surface area contributed by atoms with Gasteiger partial charge in [0, 0.05) is 40.2 Å². The van der Waals surface area contributed by atoms with Crippen molar-refractivity contribution in [2.45, 2.75) is 78.4 Å². The maximum absolute atomic E-state index is 13.1. The highest BCUT2D eigenvalue weighted by Gasteiger charge is 2.53. The number of ether oxygens (including phenoxy) is 8. The summed E-state index contributed by atoms with van der Waals surface area (Å²) in [6.45, 7) is 5.58. The third kappa shape index (κ3) is 9.09. The van der Waals surface area contributed by atoms with Gasteiger partial charge in [0.1, 0.15) is 30.7 Å². The lowest BCUT2D eigenvalue weighted by atomic mass is 9.98. The fraction of sp³-hybridized carbons (Fsp3) is 0.394. The first-order valence-corrected chi connectivity index (χ1v) is 14.8. The maximum atomic E-state index is 13.1. The highest BCUT2D eigenvalue weighted by molar-refractivity contribution is 5.88. The number of hydrogen-bond acceptors (Lipinski definition) is 15. The number of benzene rings is 2. The molecule has 0 aliphatic carbocycles. The molecular weight excluding hydrogens is 636 g/mol. The molecule has 2 heterocycles. The van der Waals surface area contributed by atoms with E-state index in [1.54, 1.807) is 6.92 Å². The Hall–Kier alpha value is -5.44. The van der Waals surface area contributed by atoms with Crippen LogP contribution in [0.3, 0.4) is 0 Å².